The van der Waals surface area contributed by atoms with Crippen LogP contribution in [0.5, 0.6) is 0 Å². The average molecular weight is 343 g/mol. The minimum absolute atomic E-state index is 0.0531. The van der Waals surface area contributed by atoms with Crippen molar-refractivity contribution in [2.45, 2.75) is 39.7 Å². The van der Waals surface area contributed by atoms with E-state index in [-0.39, 0.29) is 18.0 Å². The van der Waals surface area contributed by atoms with Gasteiger partial charge in [-0.15, -0.1) is 0 Å². The van der Waals surface area contributed by atoms with Gasteiger partial charge in [0.25, 0.3) is 0 Å². The Bertz CT molecular complexity index is 755. The lowest BCUT2D eigenvalue weighted by Gasteiger charge is -2.21. The van der Waals surface area contributed by atoms with E-state index in [9.17, 15) is 4.79 Å². The molecule has 2 rings (SSSR count). The Morgan fingerprint density at radius 1 is 1.24 bits per heavy atom. The third-order valence-electron chi connectivity index (χ3n) is 3.84. The molecule has 2 aromatic rings. The van der Waals surface area contributed by atoms with Crippen molar-refractivity contribution >= 4 is 22.8 Å². The molecule has 0 aliphatic heterocycles. The SMILES string of the molecule is CN=C(NCCc1c[nH]c2cccc(C)c12)NCC(=O)NC(C)(C)C. The molecule has 0 bridgehead atoms. The summed E-state index contributed by atoms with van der Waals surface area (Å²) in [5.74, 6) is 0.573. The average Bonchev–Trinajstić information content (AvgIpc) is 2.93. The predicted octanol–water partition coefficient (Wildman–Crippen LogP) is 2.10. The Morgan fingerprint density at radius 3 is 2.68 bits per heavy atom. The summed E-state index contributed by atoms with van der Waals surface area (Å²) in [6, 6.07) is 6.28. The number of guanidine groups is 1. The number of benzene rings is 1. The van der Waals surface area contributed by atoms with Crippen molar-refractivity contribution in [3.05, 3.63) is 35.5 Å². The first-order valence-electron chi connectivity index (χ1n) is 8.61. The van der Waals surface area contributed by atoms with Crippen molar-refractivity contribution in [3.63, 3.8) is 0 Å². The first-order chi connectivity index (χ1) is 11.8. The maximum atomic E-state index is 11.9. The number of carbonyl (C=O) groups is 1. The van der Waals surface area contributed by atoms with E-state index >= 15 is 0 Å². The van der Waals surface area contributed by atoms with E-state index in [4.69, 9.17) is 0 Å². The number of hydrogen-bond donors (Lipinski definition) is 4. The summed E-state index contributed by atoms with van der Waals surface area (Å²) >= 11 is 0. The Labute approximate surface area is 149 Å². The molecule has 4 N–H and O–H groups in total. The minimum atomic E-state index is -0.233. The molecule has 1 aromatic heterocycles. The Hall–Kier alpha value is -2.50. The zero-order chi connectivity index (χ0) is 18.4. The normalized spacial score (nSPS) is 12.3. The van der Waals surface area contributed by atoms with Gasteiger partial charge in [0.05, 0.1) is 6.54 Å². The molecule has 1 heterocycles. The van der Waals surface area contributed by atoms with Crippen LogP contribution in [0.3, 0.4) is 0 Å². The molecular weight excluding hydrogens is 314 g/mol. The number of aromatic amines is 1. The van der Waals surface area contributed by atoms with Crippen LogP contribution in [0.15, 0.2) is 29.4 Å². The van der Waals surface area contributed by atoms with Gasteiger partial charge < -0.3 is 20.9 Å². The Balaban J connectivity index is 1.84. The molecule has 0 spiro atoms. The van der Waals surface area contributed by atoms with E-state index in [0.29, 0.717) is 5.96 Å². The highest BCUT2D eigenvalue weighted by atomic mass is 16.2. The van der Waals surface area contributed by atoms with E-state index in [2.05, 4.69) is 57.2 Å². The number of H-pyrrole nitrogens is 1. The molecule has 0 unspecified atom stereocenters. The highest BCUT2D eigenvalue weighted by Gasteiger charge is 2.13. The third-order valence-corrected chi connectivity index (χ3v) is 3.84. The molecular formula is C19H29N5O. The molecule has 1 amide bonds. The van der Waals surface area contributed by atoms with Crippen molar-refractivity contribution in [2.24, 2.45) is 4.99 Å². The van der Waals surface area contributed by atoms with Gasteiger partial charge in [-0.2, -0.15) is 0 Å². The van der Waals surface area contributed by atoms with Crippen molar-refractivity contribution in [1.29, 1.82) is 0 Å². The van der Waals surface area contributed by atoms with E-state index in [1.807, 2.05) is 20.8 Å². The molecule has 25 heavy (non-hydrogen) atoms. The van der Waals surface area contributed by atoms with Gasteiger partial charge in [-0.1, -0.05) is 12.1 Å². The molecule has 0 fully saturated rings. The van der Waals surface area contributed by atoms with Crippen LogP contribution in [0.2, 0.25) is 0 Å². The number of fused-ring (bicyclic) bond motifs is 1. The van der Waals surface area contributed by atoms with Gasteiger partial charge in [0.2, 0.25) is 5.91 Å². The maximum absolute atomic E-state index is 11.9. The van der Waals surface area contributed by atoms with Crippen LogP contribution in [-0.2, 0) is 11.2 Å². The van der Waals surface area contributed by atoms with Crippen LogP contribution < -0.4 is 16.0 Å². The molecule has 6 heteroatoms. The summed E-state index contributed by atoms with van der Waals surface area (Å²) < 4.78 is 0. The first kappa shape index (κ1) is 18.8. The number of hydrogen-bond acceptors (Lipinski definition) is 2. The van der Waals surface area contributed by atoms with Crippen LogP contribution in [0, 0.1) is 6.92 Å². The standard InChI is InChI=1S/C19H29N5O/c1-13-7-6-8-15-17(13)14(11-22-15)9-10-21-18(20-5)23-12-16(25)24-19(2,3)4/h6-8,11,22H,9-10,12H2,1-5H3,(H,24,25)(H2,20,21,23). The topological polar surface area (TPSA) is 81.3 Å². The summed E-state index contributed by atoms with van der Waals surface area (Å²) in [5, 5.41) is 10.5. The summed E-state index contributed by atoms with van der Waals surface area (Å²) in [6.45, 7) is 8.94. The summed E-state index contributed by atoms with van der Waals surface area (Å²) in [4.78, 5) is 19.3. The second-order valence-electron chi connectivity index (χ2n) is 7.21. The second kappa shape index (κ2) is 8.05. The van der Waals surface area contributed by atoms with Crippen LogP contribution in [-0.4, -0.2) is 42.5 Å². The van der Waals surface area contributed by atoms with Gasteiger partial charge >= 0.3 is 0 Å². The van der Waals surface area contributed by atoms with E-state index < -0.39 is 0 Å². The molecule has 0 aliphatic rings. The zero-order valence-electron chi connectivity index (χ0n) is 15.8. The van der Waals surface area contributed by atoms with E-state index in [0.717, 1.165) is 18.5 Å². The number of carbonyl (C=O) groups excluding carboxylic acids is 1. The lowest BCUT2D eigenvalue weighted by Crippen LogP contribution is -2.48. The van der Waals surface area contributed by atoms with Crippen LogP contribution in [0.25, 0.3) is 10.9 Å². The lowest BCUT2D eigenvalue weighted by molar-refractivity contribution is -0.121. The number of rotatable bonds is 5. The number of aliphatic imine (C=N–C) groups is 1. The lowest BCUT2D eigenvalue weighted by atomic mass is 10.1. The smallest absolute Gasteiger partial charge is 0.239 e. The number of amides is 1. The quantitative estimate of drug-likeness (QED) is 0.496. The van der Waals surface area contributed by atoms with Crippen LogP contribution in [0.1, 0.15) is 31.9 Å². The van der Waals surface area contributed by atoms with Crippen LogP contribution in [0.4, 0.5) is 0 Å². The Kier molecular flexibility index (Phi) is 6.07. The van der Waals surface area contributed by atoms with Gasteiger partial charge in [0, 0.05) is 36.2 Å². The fraction of sp³-hybridized carbons (Fsp3) is 0.474. The van der Waals surface area contributed by atoms with Crippen molar-refractivity contribution in [2.75, 3.05) is 20.1 Å². The maximum Gasteiger partial charge on any atom is 0.239 e. The fourth-order valence-electron chi connectivity index (χ4n) is 2.81. The zero-order valence-corrected chi connectivity index (χ0v) is 15.8. The van der Waals surface area contributed by atoms with Gasteiger partial charge in [0.15, 0.2) is 5.96 Å². The fourth-order valence-corrected chi connectivity index (χ4v) is 2.81. The van der Waals surface area contributed by atoms with Crippen molar-refractivity contribution in [1.82, 2.24) is 20.9 Å². The number of aryl methyl sites for hydroxylation is 1. The van der Waals surface area contributed by atoms with Crippen molar-refractivity contribution < 1.29 is 4.79 Å². The summed E-state index contributed by atoms with van der Waals surface area (Å²) in [5.41, 5.74) is 3.48. The van der Waals surface area contributed by atoms with E-state index in [1.165, 1.54) is 16.5 Å². The Morgan fingerprint density at radius 2 is 2.00 bits per heavy atom. The first-order valence-corrected chi connectivity index (χ1v) is 8.61. The van der Waals surface area contributed by atoms with Gasteiger partial charge in [0.1, 0.15) is 0 Å². The molecule has 1 aromatic carbocycles. The number of nitrogens with zero attached hydrogens (tertiary/aromatic N) is 1. The second-order valence-corrected chi connectivity index (χ2v) is 7.21. The van der Waals surface area contributed by atoms with Gasteiger partial charge in [-0.25, -0.2) is 0 Å². The largest absolute Gasteiger partial charge is 0.361 e. The molecule has 0 saturated carbocycles. The van der Waals surface area contributed by atoms with E-state index in [1.54, 1.807) is 7.05 Å². The number of nitrogens with one attached hydrogen (secondary N) is 4. The molecule has 0 radical (unpaired) electrons. The van der Waals surface area contributed by atoms with Gasteiger partial charge in [-0.05, 0) is 51.3 Å². The molecule has 136 valence electrons. The molecule has 0 aliphatic carbocycles. The summed E-state index contributed by atoms with van der Waals surface area (Å²) in [7, 11) is 1.70. The van der Waals surface area contributed by atoms with Gasteiger partial charge in [-0.3, -0.25) is 9.79 Å². The molecule has 0 atom stereocenters. The number of aromatic nitrogens is 1. The predicted molar refractivity (Wildman–Crippen MR) is 104 cm³/mol. The van der Waals surface area contributed by atoms with Crippen molar-refractivity contribution in [3.8, 4) is 0 Å². The monoisotopic (exact) mass is 343 g/mol. The van der Waals surface area contributed by atoms with Crippen LogP contribution >= 0.6 is 0 Å². The minimum Gasteiger partial charge on any atom is -0.361 e. The highest BCUT2D eigenvalue weighted by Crippen LogP contribution is 2.22. The summed E-state index contributed by atoms with van der Waals surface area (Å²) in [6.07, 6.45) is 2.94. The highest BCUT2D eigenvalue weighted by molar-refractivity contribution is 5.87. The molecule has 0 saturated heterocycles. The third kappa shape index (κ3) is 5.52. The molecule has 6 nitrogen and oxygen atoms in total.